The minimum Gasteiger partial charge on any atom is -0.352 e. The number of ether oxygens (including phenoxy) is 4. The largest absolute Gasteiger partial charge is 0.352 e. The maximum absolute atomic E-state index is 5.56. The molecular formula is C11H22O4. The lowest BCUT2D eigenvalue weighted by Crippen LogP contribution is -2.34. The van der Waals surface area contributed by atoms with E-state index in [9.17, 15) is 0 Å². The zero-order chi connectivity index (χ0) is 11.1. The van der Waals surface area contributed by atoms with Gasteiger partial charge in [0.15, 0.2) is 12.6 Å². The predicted octanol–water partition coefficient (Wildman–Crippen LogP) is 1.78. The van der Waals surface area contributed by atoms with Crippen molar-refractivity contribution >= 4 is 0 Å². The highest BCUT2D eigenvalue weighted by Crippen LogP contribution is 2.27. The van der Waals surface area contributed by atoms with Crippen molar-refractivity contribution < 1.29 is 18.9 Å². The maximum atomic E-state index is 5.56. The average molecular weight is 218 g/mol. The Balaban J connectivity index is 2.48. The molecule has 0 aromatic carbocycles. The summed E-state index contributed by atoms with van der Waals surface area (Å²) in [4.78, 5) is 0. The summed E-state index contributed by atoms with van der Waals surface area (Å²) < 4.78 is 22.1. The van der Waals surface area contributed by atoms with Crippen LogP contribution in [0, 0.1) is 5.92 Å². The van der Waals surface area contributed by atoms with Crippen LogP contribution in [0.1, 0.15) is 27.2 Å². The first-order chi connectivity index (χ1) is 7.33. The molecule has 0 amide bonds. The van der Waals surface area contributed by atoms with E-state index in [0.29, 0.717) is 19.8 Å². The molecule has 90 valence electrons. The second-order valence-electron chi connectivity index (χ2n) is 3.43. The fourth-order valence-electron chi connectivity index (χ4n) is 1.80. The lowest BCUT2D eigenvalue weighted by atomic mass is 10.1. The van der Waals surface area contributed by atoms with E-state index in [-0.39, 0.29) is 18.5 Å². The molecule has 4 nitrogen and oxygen atoms in total. The van der Waals surface area contributed by atoms with Gasteiger partial charge in [-0.15, -0.1) is 0 Å². The van der Waals surface area contributed by atoms with E-state index in [1.165, 1.54) is 0 Å². The zero-order valence-corrected chi connectivity index (χ0v) is 9.90. The highest BCUT2D eigenvalue weighted by molar-refractivity contribution is 4.73. The molecule has 1 fully saturated rings. The lowest BCUT2D eigenvalue weighted by Gasteiger charge is -2.26. The number of hydrogen-bond acceptors (Lipinski definition) is 4. The highest BCUT2D eigenvalue weighted by atomic mass is 16.7. The van der Waals surface area contributed by atoms with Gasteiger partial charge in [0.1, 0.15) is 0 Å². The molecule has 1 aliphatic heterocycles. The average Bonchev–Trinajstić information content (AvgIpc) is 2.66. The van der Waals surface area contributed by atoms with Crippen molar-refractivity contribution in [3.05, 3.63) is 0 Å². The Labute approximate surface area is 91.8 Å². The van der Waals surface area contributed by atoms with Gasteiger partial charge >= 0.3 is 0 Å². The van der Waals surface area contributed by atoms with Gasteiger partial charge in [0.05, 0.1) is 12.5 Å². The van der Waals surface area contributed by atoms with E-state index >= 15 is 0 Å². The van der Waals surface area contributed by atoms with Crippen molar-refractivity contribution in [3.63, 3.8) is 0 Å². The molecule has 0 spiro atoms. The van der Waals surface area contributed by atoms with Crippen LogP contribution in [-0.4, -0.2) is 39.0 Å². The quantitative estimate of drug-likeness (QED) is 0.610. The molecule has 0 aromatic heterocycles. The summed E-state index contributed by atoms with van der Waals surface area (Å²) >= 11 is 0. The van der Waals surface area contributed by atoms with Gasteiger partial charge in [-0.05, 0) is 27.2 Å². The van der Waals surface area contributed by atoms with E-state index in [0.717, 1.165) is 13.0 Å². The van der Waals surface area contributed by atoms with Crippen LogP contribution in [-0.2, 0) is 18.9 Å². The Hall–Kier alpha value is -0.160. The first-order valence-corrected chi connectivity index (χ1v) is 5.79. The molecule has 0 aromatic rings. The standard InChI is InChI=1S/C11H22O4/c1-4-12-10(13-5-2)9-7-8-15-11(9)14-6-3/h9-11H,4-8H2,1-3H3. The Morgan fingerprint density at radius 2 is 1.80 bits per heavy atom. The van der Waals surface area contributed by atoms with Crippen LogP contribution in [0.25, 0.3) is 0 Å². The van der Waals surface area contributed by atoms with E-state index in [1.807, 2.05) is 20.8 Å². The monoisotopic (exact) mass is 218 g/mol. The zero-order valence-electron chi connectivity index (χ0n) is 9.90. The molecule has 0 N–H and O–H groups in total. The van der Waals surface area contributed by atoms with Gasteiger partial charge < -0.3 is 18.9 Å². The third kappa shape index (κ3) is 3.72. The first kappa shape index (κ1) is 12.9. The summed E-state index contributed by atoms with van der Waals surface area (Å²) in [7, 11) is 0. The lowest BCUT2D eigenvalue weighted by molar-refractivity contribution is -0.218. The molecular weight excluding hydrogens is 196 g/mol. The summed E-state index contributed by atoms with van der Waals surface area (Å²) in [5.74, 6) is 0.199. The molecule has 4 heteroatoms. The summed E-state index contributed by atoms with van der Waals surface area (Å²) in [6.45, 7) is 8.60. The molecule has 0 radical (unpaired) electrons. The SMILES string of the molecule is CCOC(OCC)C1CCOC1OCC. The minimum atomic E-state index is -0.195. The van der Waals surface area contributed by atoms with Crippen molar-refractivity contribution in [3.8, 4) is 0 Å². The topological polar surface area (TPSA) is 36.9 Å². The molecule has 0 bridgehead atoms. The Morgan fingerprint density at radius 3 is 2.33 bits per heavy atom. The third-order valence-electron chi connectivity index (χ3n) is 2.43. The smallest absolute Gasteiger partial charge is 0.165 e. The minimum absolute atomic E-state index is 0.168. The van der Waals surface area contributed by atoms with Crippen LogP contribution in [0.4, 0.5) is 0 Å². The van der Waals surface area contributed by atoms with Crippen molar-refractivity contribution in [2.75, 3.05) is 26.4 Å². The molecule has 1 heterocycles. The molecule has 1 aliphatic rings. The van der Waals surface area contributed by atoms with Crippen molar-refractivity contribution in [2.45, 2.75) is 39.8 Å². The van der Waals surface area contributed by atoms with E-state index in [1.54, 1.807) is 0 Å². The summed E-state index contributed by atoms with van der Waals surface area (Å²) in [5.41, 5.74) is 0. The second kappa shape index (κ2) is 7.17. The Kier molecular flexibility index (Phi) is 6.17. The summed E-state index contributed by atoms with van der Waals surface area (Å²) in [6, 6.07) is 0. The van der Waals surface area contributed by atoms with Crippen molar-refractivity contribution in [1.29, 1.82) is 0 Å². The second-order valence-corrected chi connectivity index (χ2v) is 3.43. The van der Waals surface area contributed by atoms with Crippen molar-refractivity contribution in [2.24, 2.45) is 5.92 Å². The van der Waals surface area contributed by atoms with E-state index in [2.05, 4.69) is 0 Å². The van der Waals surface area contributed by atoms with Gasteiger partial charge in [-0.1, -0.05) is 0 Å². The molecule has 15 heavy (non-hydrogen) atoms. The van der Waals surface area contributed by atoms with Gasteiger partial charge in [0.2, 0.25) is 0 Å². The predicted molar refractivity (Wildman–Crippen MR) is 56.5 cm³/mol. The van der Waals surface area contributed by atoms with Crippen LogP contribution in [0.2, 0.25) is 0 Å². The maximum Gasteiger partial charge on any atom is 0.165 e. The number of rotatable bonds is 7. The van der Waals surface area contributed by atoms with Crippen LogP contribution in [0.3, 0.4) is 0 Å². The fraction of sp³-hybridized carbons (Fsp3) is 1.00. The van der Waals surface area contributed by atoms with Crippen LogP contribution < -0.4 is 0 Å². The van der Waals surface area contributed by atoms with Crippen molar-refractivity contribution in [1.82, 2.24) is 0 Å². The van der Waals surface area contributed by atoms with E-state index in [4.69, 9.17) is 18.9 Å². The molecule has 2 unspecified atom stereocenters. The molecule has 1 saturated heterocycles. The third-order valence-corrected chi connectivity index (χ3v) is 2.43. The molecule has 0 aliphatic carbocycles. The Bertz CT molecular complexity index is 157. The molecule has 0 saturated carbocycles. The van der Waals surface area contributed by atoms with Gasteiger partial charge in [-0.25, -0.2) is 0 Å². The normalized spacial score (nSPS) is 26.4. The van der Waals surface area contributed by atoms with Crippen LogP contribution >= 0.6 is 0 Å². The van der Waals surface area contributed by atoms with Gasteiger partial charge in [0.25, 0.3) is 0 Å². The highest BCUT2D eigenvalue weighted by Gasteiger charge is 2.36. The van der Waals surface area contributed by atoms with E-state index < -0.39 is 0 Å². The van der Waals surface area contributed by atoms with Gasteiger partial charge in [-0.3, -0.25) is 0 Å². The molecule has 2 atom stereocenters. The molecule has 1 rings (SSSR count). The van der Waals surface area contributed by atoms with Crippen LogP contribution in [0.15, 0.2) is 0 Å². The van der Waals surface area contributed by atoms with Gasteiger partial charge in [-0.2, -0.15) is 0 Å². The summed E-state index contributed by atoms with van der Waals surface area (Å²) in [6.07, 6.45) is 0.576. The number of hydrogen-bond donors (Lipinski definition) is 0. The van der Waals surface area contributed by atoms with Gasteiger partial charge in [0, 0.05) is 19.8 Å². The fourth-order valence-corrected chi connectivity index (χ4v) is 1.80. The summed E-state index contributed by atoms with van der Waals surface area (Å²) in [5, 5.41) is 0. The first-order valence-electron chi connectivity index (χ1n) is 5.79. The van der Waals surface area contributed by atoms with Crippen LogP contribution in [0.5, 0.6) is 0 Å². The Morgan fingerprint density at radius 1 is 1.13 bits per heavy atom.